The first-order valence-electron chi connectivity index (χ1n) is 7.60. The second-order valence-electron chi connectivity index (χ2n) is 5.60. The van der Waals surface area contributed by atoms with E-state index in [4.69, 9.17) is 16.3 Å². The maximum atomic E-state index is 12.7. The van der Waals surface area contributed by atoms with Crippen molar-refractivity contribution in [2.75, 3.05) is 32.8 Å². The highest BCUT2D eigenvalue weighted by atomic mass is 35.5. The van der Waals surface area contributed by atoms with Crippen LogP contribution in [0.5, 0.6) is 0 Å². The summed E-state index contributed by atoms with van der Waals surface area (Å²) in [5, 5.41) is 0.529. The van der Waals surface area contributed by atoms with Crippen molar-refractivity contribution in [3.8, 4) is 0 Å². The Balaban J connectivity index is 1.75. The Bertz CT molecular complexity index is 572. The van der Waals surface area contributed by atoms with Gasteiger partial charge in [-0.25, -0.2) is 0 Å². The standard InChI is InChI=1S/C16H19ClN2O3/c17-13-4-1-3-12(11-13)15(20)19-6-2-5-14(19)16(21)18-7-9-22-10-8-18/h1,3-4,11,14H,2,5-10H2/t14-/m0/s1. The van der Waals surface area contributed by atoms with Crippen LogP contribution in [-0.4, -0.2) is 60.5 Å². The maximum Gasteiger partial charge on any atom is 0.254 e. The summed E-state index contributed by atoms with van der Waals surface area (Å²) in [6.07, 6.45) is 1.58. The Morgan fingerprint density at radius 3 is 2.68 bits per heavy atom. The van der Waals surface area contributed by atoms with Gasteiger partial charge < -0.3 is 14.5 Å². The Morgan fingerprint density at radius 2 is 1.95 bits per heavy atom. The molecule has 0 aliphatic carbocycles. The topological polar surface area (TPSA) is 49.9 Å². The molecule has 6 heteroatoms. The van der Waals surface area contributed by atoms with E-state index < -0.39 is 0 Å². The largest absolute Gasteiger partial charge is 0.378 e. The Morgan fingerprint density at radius 1 is 1.18 bits per heavy atom. The minimum Gasteiger partial charge on any atom is -0.378 e. The third-order valence-electron chi connectivity index (χ3n) is 4.19. The van der Waals surface area contributed by atoms with Gasteiger partial charge >= 0.3 is 0 Å². The van der Waals surface area contributed by atoms with E-state index in [2.05, 4.69) is 0 Å². The lowest BCUT2D eigenvalue weighted by atomic mass is 10.1. The van der Waals surface area contributed by atoms with Gasteiger partial charge in [0.05, 0.1) is 13.2 Å². The van der Waals surface area contributed by atoms with Crippen LogP contribution in [0.15, 0.2) is 24.3 Å². The lowest BCUT2D eigenvalue weighted by molar-refractivity contribution is -0.139. The molecule has 3 rings (SSSR count). The Kier molecular flexibility index (Phi) is 4.64. The van der Waals surface area contributed by atoms with Crippen molar-refractivity contribution >= 4 is 23.4 Å². The van der Waals surface area contributed by atoms with Crippen molar-refractivity contribution in [2.24, 2.45) is 0 Å². The molecule has 2 aliphatic heterocycles. The lowest BCUT2D eigenvalue weighted by Crippen LogP contribution is -2.51. The summed E-state index contributed by atoms with van der Waals surface area (Å²) < 4.78 is 5.28. The van der Waals surface area contributed by atoms with Gasteiger partial charge in [0, 0.05) is 30.2 Å². The van der Waals surface area contributed by atoms with Crippen molar-refractivity contribution in [1.82, 2.24) is 9.80 Å². The molecule has 0 bridgehead atoms. The molecule has 2 aliphatic rings. The fourth-order valence-corrected chi connectivity index (χ4v) is 3.24. The molecule has 0 radical (unpaired) electrons. The molecule has 2 heterocycles. The van der Waals surface area contributed by atoms with Crippen molar-refractivity contribution < 1.29 is 14.3 Å². The summed E-state index contributed by atoms with van der Waals surface area (Å²) >= 11 is 5.96. The summed E-state index contributed by atoms with van der Waals surface area (Å²) in [6.45, 7) is 2.97. The van der Waals surface area contributed by atoms with Crippen molar-refractivity contribution in [2.45, 2.75) is 18.9 Å². The Labute approximate surface area is 134 Å². The van der Waals surface area contributed by atoms with E-state index in [-0.39, 0.29) is 17.9 Å². The zero-order valence-corrected chi connectivity index (χ0v) is 13.1. The molecule has 1 atom stereocenters. The number of carbonyl (C=O) groups excluding carboxylic acids is 2. The van der Waals surface area contributed by atoms with Crippen LogP contribution in [0.1, 0.15) is 23.2 Å². The van der Waals surface area contributed by atoms with E-state index in [0.717, 1.165) is 12.8 Å². The van der Waals surface area contributed by atoms with E-state index >= 15 is 0 Å². The highest BCUT2D eigenvalue weighted by Gasteiger charge is 2.37. The Hall–Kier alpha value is -1.59. The van der Waals surface area contributed by atoms with Gasteiger partial charge in [0.15, 0.2) is 0 Å². The van der Waals surface area contributed by atoms with Gasteiger partial charge in [0.25, 0.3) is 5.91 Å². The molecular weight excluding hydrogens is 304 g/mol. The van der Waals surface area contributed by atoms with Gasteiger partial charge in [-0.15, -0.1) is 0 Å². The first kappa shape index (κ1) is 15.3. The second-order valence-corrected chi connectivity index (χ2v) is 6.04. The van der Waals surface area contributed by atoms with Crippen LogP contribution in [0.4, 0.5) is 0 Å². The van der Waals surface area contributed by atoms with Gasteiger partial charge in [0.1, 0.15) is 6.04 Å². The molecule has 0 N–H and O–H groups in total. The van der Waals surface area contributed by atoms with Crippen LogP contribution < -0.4 is 0 Å². The quantitative estimate of drug-likeness (QED) is 0.834. The average Bonchev–Trinajstić information content (AvgIpc) is 3.04. The molecule has 118 valence electrons. The minimum absolute atomic E-state index is 0.0381. The number of hydrogen-bond acceptors (Lipinski definition) is 3. The lowest BCUT2D eigenvalue weighted by Gasteiger charge is -2.32. The summed E-state index contributed by atoms with van der Waals surface area (Å²) in [4.78, 5) is 28.8. The number of hydrogen-bond donors (Lipinski definition) is 0. The summed E-state index contributed by atoms with van der Waals surface area (Å²) in [6, 6.07) is 6.52. The zero-order valence-electron chi connectivity index (χ0n) is 12.3. The SMILES string of the molecule is O=C([C@@H]1CCCN1C(=O)c1cccc(Cl)c1)N1CCOCC1. The van der Waals surface area contributed by atoms with Crippen LogP contribution in [-0.2, 0) is 9.53 Å². The predicted molar refractivity (Wildman–Crippen MR) is 82.9 cm³/mol. The van der Waals surface area contributed by atoms with E-state index in [1.807, 2.05) is 0 Å². The summed E-state index contributed by atoms with van der Waals surface area (Å²) in [5.41, 5.74) is 0.536. The molecule has 0 spiro atoms. The van der Waals surface area contributed by atoms with Crippen molar-refractivity contribution in [3.05, 3.63) is 34.9 Å². The molecule has 2 amide bonds. The number of carbonyl (C=O) groups is 2. The van der Waals surface area contributed by atoms with E-state index in [0.29, 0.717) is 43.4 Å². The van der Waals surface area contributed by atoms with E-state index in [1.54, 1.807) is 34.1 Å². The number of halogens is 1. The van der Waals surface area contributed by atoms with E-state index in [9.17, 15) is 9.59 Å². The third kappa shape index (κ3) is 3.10. The number of ether oxygens (including phenoxy) is 1. The average molecular weight is 323 g/mol. The zero-order chi connectivity index (χ0) is 15.5. The van der Waals surface area contributed by atoms with Crippen LogP contribution in [0, 0.1) is 0 Å². The molecule has 2 saturated heterocycles. The van der Waals surface area contributed by atoms with E-state index in [1.165, 1.54) is 0 Å². The summed E-state index contributed by atoms with van der Waals surface area (Å²) in [5.74, 6) is -0.0808. The molecule has 0 unspecified atom stereocenters. The van der Waals surface area contributed by atoms with Gasteiger partial charge in [-0.05, 0) is 31.0 Å². The predicted octanol–water partition coefficient (Wildman–Crippen LogP) is 1.80. The van der Waals surface area contributed by atoms with Gasteiger partial charge in [-0.1, -0.05) is 17.7 Å². The monoisotopic (exact) mass is 322 g/mol. The highest BCUT2D eigenvalue weighted by molar-refractivity contribution is 6.31. The molecule has 1 aromatic carbocycles. The minimum atomic E-state index is -0.357. The molecule has 0 saturated carbocycles. The fraction of sp³-hybridized carbons (Fsp3) is 0.500. The first-order valence-corrected chi connectivity index (χ1v) is 7.97. The van der Waals surface area contributed by atoms with Crippen molar-refractivity contribution in [1.29, 1.82) is 0 Å². The molecule has 22 heavy (non-hydrogen) atoms. The maximum absolute atomic E-state index is 12.7. The molecule has 2 fully saturated rings. The third-order valence-corrected chi connectivity index (χ3v) is 4.43. The number of benzene rings is 1. The molecule has 0 aromatic heterocycles. The molecule has 1 aromatic rings. The smallest absolute Gasteiger partial charge is 0.254 e. The number of amides is 2. The van der Waals surface area contributed by atoms with Gasteiger partial charge in [-0.2, -0.15) is 0 Å². The number of likely N-dealkylation sites (tertiary alicyclic amines) is 1. The first-order chi connectivity index (χ1) is 10.7. The fourth-order valence-electron chi connectivity index (χ4n) is 3.05. The van der Waals surface area contributed by atoms with Gasteiger partial charge in [-0.3, -0.25) is 9.59 Å². The molecular formula is C16H19ClN2O3. The van der Waals surface area contributed by atoms with Crippen molar-refractivity contribution in [3.63, 3.8) is 0 Å². The number of rotatable bonds is 2. The summed E-state index contributed by atoms with van der Waals surface area (Å²) in [7, 11) is 0. The highest BCUT2D eigenvalue weighted by Crippen LogP contribution is 2.23. The second kappa shape index (κ2) is 6.67. The van der Waals surface area contributed by atoms with Crippen LogP contribution in [0.3, 0.4) is 0 Å². The van der Waals surface area contributed by atoms with Crippen LogP contribution >= 0.6 is 11.6 Å². The normalized spacial score (nSPS) is 22.0. The number of nitrogens with zero attached hydrogens (tertiary/aromatic N) is 2. The van der Waals surface area contributed by atoms with Crippen LogP contribution in [0.2, 0.25) is 5.02 Å². The number of morpholine rings is 1. The molecule has 5 nitrogen and oxygen atoms in total. The van der Waals surface area contributed by atoms with Crippen LogP contribution in [0.25, 0.3) is 0 Å². The van der Waals surface area contributed by atoms with Gasteiger partial charge in [0.2, 0.25) is 5.91 Å².